The highest BCUT2D eigenvalue weighted by atomic mass is 35.5. The minimum Gasteiger partial charge on any atom is -0.494 e. The summed E-state index contributed by atoms with van der Waals surface area (Å²) in [6.45, 7) is 2.24. The molecule has 3 rings (SSSR count). The molecule has 0 atom stereocenters. The van der Waals surface area contributed by atoms with Gasteiger partial charge in [0, 0.05) is 23.3 Å². The zero-order chi connectivity index (χ0) is 21.0. The molecule has 29 heavy (non-hydrogen) atoms. The summed E-state index contributed by atoms with van der Waals surface area (Å²) < 4.78 is 26.1. The van der Waals surface area contributed by atoms with Crippen LogP contribution in [0.15, 0.2) is 24.3 Å². The maximum Gasteiger partial charge on any atom is 0.330 e. The number of benzene rings is 1. The Morgan fingerprint density at radius 3 is 2.52 bits per heavy atom. The molecule has 0 bridgehead atoms. The van der Waals surface area contributed by atoms with Gasteiger partial charge in [-0.05, 0) is 44.2 Å². The van der Waals surface area contributed by atoms with E-state index in [9.17, 15) is 19.4 Å². The molecular weight excluding hydrogens is 401 g/mol. The first-order chi connectivity index (χ1) is 13.9. The van der Waals surface area contributed by atoms with Crippen LogP contribution in [-0.2, 0) is 22.4 Å². The molecule has 0 amide bonds. The Kier molecular flexibility index (Phi) is 6.69. The van der Waals surface area contributed by atoms with Crippen molar-refractivity contribution in [2.24, 2.45) is 0 Å². The van der Waals surface area contributed by atoms with Gasteiger partial charge in [0.15, 0.2) is 0 Å². The van der Waals surface area contributed by atoms with Crippen molar-refractivity contribution in [2.75, 3.05) is 13.2 Å². The van der Waals surface area contributed by atoms with Gasteiger partial charge in [0.25, 0.3) is 0 Å². The van der Waals surface area contributed by atoms with E-state index in [1.807, 2.05) is 6.92 Å². The van der Waals surface area contributed by atoms with E-state index in [4.69, 9.17) is 21.1 Å². The molecule has 156 valence electrons. The minimum atomic E-state index is -0.709. The lowest BCUT2D eigenvalue weighted by atomic mass is 9.95. The first-order valence-electron chi connectivity index (χ1n) is 9.53. The van der Waals surface area contributed by atoms with Crippen LogP contribution in [0.3, 0.4) is 0 Å². The molecule has 0 radical (unpaired) electrons. The summed E-state index contributed by atoms with van der Waals surface area (Å²) in [5, 5.41) is 21.1. The van der Waals surface area contributed by atoms with Crippen LogP contribution in [0, 0.1) is 5.82 Å². The predicted octanol–water partition coefficient (Wildman–Crippen LogP) is 4.45. The van der Waals surface area contributed by atoms with Crippen LogP contribution in [0.4, 0.5) is 4.39 Å². The lowest BCUT2D eigenvalue weighted by Crippen LogP contribution is -2.03. The number of ether oxygens (including phenoxy) is 2. The molecule has 2 aromatic rings. The fourth-order valence-electron chi connectivity index (χ4n) is 3.33. The van der Waals surface area contributed by atoms with Crippen LogP contribution in [-0.4, -0.2) is 34.0 Å². The third kappa shape index (κ3) is 4.50. The van der Waals surface area contributed by atoms with Gasteiger partial charge in [-0.25, -0.2) is 13.8 Å². The maximum atomic E-state index is 14.6. The van der Waals surface area contributed by atoms with Gasteiger partial charge in [-0.15, -0.1) is 0 Å². The summed E-state index contributed by atoms with van der Waals surface area (Å²) in [6.07, 6.45) is 6.47. The van der Waals surface area contributed by atoms with Crippen LogP contribution < -0.4 is 4.74 Å². The summed E-state index contributed by atoms with van der Waals surface area (Å²) in [7, 11) is 0. The monoisotopic (exact) mass is 423 g/mol. The molecule has 2 N–H and O–H groups in total. The average Bonchev–Trinajstić information content (AvgIpc) is 2.96. The Morgan fingerprint density at radius 2 is 1.90 bits per heavy atom. The minimum absolute atomic E-state index is 0.00611. The van der Waals surface area contributed by atoms with Crippen molar-refractivity contribution >= 4 is 17.6 Å². The van der Waals surface area contributed by atoms with Crippen molar-refractivity contribution in [2.45, 2.75) is 39.0 Å². The van der Waals surface area contributed by atoms with Gasteiger partial charge in [0.05, 0.1) is 17.3 Å². The van der Waals surface area contributed by atoms with Crippen molar-refractivity contribution in [3.8, 4) is 23.2 Å². The normalized spacial score (nSPS) is 13.5. The Bertz CT molecular complexity index is 908. The van der Waals surface area contributed by atoms with Crippen LogP contribution in [0.5, 0.6) is 17.5 Å². The molecule has 8 heteroatoms. The van der Waals surface area contributed by atoms with Crippen molar-refractivity contribution in [3.05, 3.63) is 46.3 Å². The number of aromatic hydroxyl groups is 2. The van der Waals surface area contributed by atoms with Gasteiger partial charge < -0.3 is 19.7 Å². The second-order valence-corrected chi connectivity index (χ2v) is 7.17. The number of fused-ring (bicyclic) bond motifs is 1. The summed E-state index contributed by atoms with van der Waals surface area (Å²) in [4.78, 5) is 11.4. The summed E-state index contributed by atoms with van der Waals surface area (Å²) in [5.74, 6) is -1.39. The van der Waals surface area contributed by atoms with Crippen molar-refractivity contribution in [3.63, 3.8) is 0 Å². The molecular formula is C21H23ClFNO5. The van der Waals surface area contributed by atoms with Crippen molar-refractivity contribution in [1.82, 2.24) is 4.57 Å². The molecule has 6 nitrogen and oxygen atoms in total. The predicted molar refractivity (Wildman–Crippen MR) is 107 cm³/mol. The quantitative estimate of drug-likeness (QED) is 0.508. The van der Waals surface area contributed by atoms with Gasteiger partial charge in [-0.3, -0.25) is 0 Å². The fourth-order valence-corrected chi connectivity index (χ4v) is 3.54. The number of carbonyl (C=O) groups is 1. The summed E-state index contributed by atoms with van der Waals surface area (Å²) >= 11 is 6.06. The number of rotatable bonds is 7. The lowest BCUT2D eigenvalue weighted by molar-refractivity contribution is -0.137. The van der Waals surface area contributed by atoms with E-state index in [1.54, 1.807) is 0 Å². The molecule has 0 fully saturated rings. The number of esters is 1. The van der Waals surface area contributed by atoms with Gasteiger partial charge in [-0.1, -0.05) is 18.5 Å². The van der Waals surface area contributed by atoms with E-state index in [1.165, 1.54) is 18.2 Å². The molecule has 1 aromatic heterocycles. The molecule has 0 spiro atoms. The Balaban J connectivity index is 1.83. The SMILES string of the molecule is CCCOC(=O)C=CCOc1cc(-n2c(O)c3c(c2O)CCCC3)c(F)cc1Cl. The fraction of sp³-hybridized carbons (Fsp3) is 0.381. The highest BCUT2D eigenvalue weighted by molar-refractivity contribution is 6.32. The van der Waals surface area contributed by atoms with E-state index < -0.39 is 11.8 Å². The van der Waals surface area contributed by atoms with Crippen LogP contribution in [0.2, 0.25) is 5.02 Å². The van der Waals surface area contributed by atoms with Crippen molar-refractivity contribution < 1.29 is 28.9 Å². The third-order valence-corrected chi connectivity index (χ3v) is 5.01. The van der Waals surface area contributed by atoms with Crippen molar-refractivity contribution in [1.29, 1.82) is 0 Å². The van der Waals surface area contributed by atoms with Crippen LogP contribution >= 0.6 is 11.6 Å². The standard InChI is InChI=1S/C21H23ClFNO5/c1-2-9-29-19(25)8-5-10-28-18-12-17(16(23)11-15(18)22)24-20(26)13-6-3-4-7-14(13)21(24)27/h5,8,11-12,26-27H,2-4,6-7,9-10H2,1H3. The van der Waals surface area contributed by atoms with Crippen LogP contribution in [0.25, 0.3) is 5.69 Å². The Labute approximate surface area is 173 Å². The highest BCUT2D eigenvalue weighted by Gasteiger charge is 2.27. The van der Waals surface area contributed by atoms with E-state index in [0.717, 1.165) is 29.9 Å². The number of aromatic nitrogens is 1. The van der Waals surface area contributed by atoms with E-state index >= 15 is 0 Å². The lowest BCUT2D eigenvalue weighted by Gasteiger charge is -2.12. The number of nitrogens with zero attached hydrogens (tertiary/aromatic N) is 1. The molecule has 1 aromatic carbocycles. The van der Waals surface area contributed by atoms with Gasteiger partial charge in [-0.2, -0.15) is 0 Å². The summed E-state index contributed by atoms with van der Waals surface area (Å²) in [5.41, 5.74) is 1.21. The van der Waals surface area contributed by atoms with Gasteiger partial charge >= 0.3 is 5.97 Å². The maximum absolute atomic E-state index is 14.6. The number of hydrogen-bond donors (Lipinski definition) is 2. The smallest absolute Gasteiger partial charge is 0.330 e. The summed E-state index contributed by atoms with van der Waals surface area (Å²) in [6, 6.07) is 2.37. The number of halogens is 2. The molecule has 0 saturated carbocycles. The van der Waals surface area contributed by atoms with E-state index in [-0.39, 0.29) is 34.8 Å². The van der Waals surface area contributed by atoms with E-state index in [0.29, 0.717) is 30.6 Å². The molecule has 1 heterocycles. The van der Waals surface area contributed by atoms with E-state index in [2.05, 4.69) is 0 Å². The zero-order valence-electron chi connectivity index (χ0n) is 16.1. The molecule has 0 unspecified atom stereocenters. The average molecular weight is 424 g/mol. The molecule has 1 aliphatic rings. The Hall–Kier alpha value is -2.67. The first-order valence-corrected chi connectivity index (χ1v) is 9.91. The molecule has 1 aliphatic carbocycles. The van der Waals surface area contributed by atoms with Gasteiger partial charge in [0.2, 0.25) is 11.8 Å². The molecule has 0 aliphatic heterocycles. The highest BCUT2D eigenvalue weighted by Crippen LogP contribution is 2.42. The first kappa shape index (κ1) is 21.0. The topological polar surface area (TPSA) is 80.9 Å². The van der Waals surface area contributed by atoms with Crippen LogP contribution in [0.1, 0.15) is 37.3 Å². The van der Waals surface area contributed by atoms with Gasteiger partial charge in [0.1, 0.15) is 18.2 Å². The second-order valence-electron chi connectivity index (χ2n) is 6.76. The Morgan fingerprint density at radius 1 is 1.24 bits per heavy atom. The third-order valence-electron chi connectivity index (χ3n) is 4.71. The zero-order valence-corrected chi connectivity index (χ0v) is 16.8. The second kappa shape index (κ2) is 9.22. The number of carbonyl (C=O) groups excluding carboxylic acids is 1. The largest absolute Gasteiger partial charge is 0.494 e. The number of hydrogen-bond acceptors (Lipinski definition) is 5. The molecule has 0 saturated heterocycles.